The topological polar surface area (TPSA) is 115 Å². The molecular formula is C17H10N4O2. The summed E-state index contributed by atoms with van der Waals surface area (Å²) in [5, 5.41) is 46.4. The third kappa shape index (κ3) is 3.21. The molecule has 0 spiro atoms. The van der Waals surface area contributed by atoms with E-state index in [-0.39, 0.29) is 22.8 Å². The molecule has 0 fully saturated rings. The molecular weight excluding hydrogens is 292 g/mol. The first kappa shape index (κ1) is 15.4. The van der Waals surface area contributed by atoms with E-state index in [1.54, 1.807) is 36.4 Å². The summed E-state index contributed by atoms with van der Waals surface area (Å²) < 4.78 is 0. The van der Waals surface area contributed by atoms with Crippen molar-refractivity contribution in [3.05, 3.63) is 59.8 Å². The minimum absolute atomic E-state index is 0.0442. The lowest BCUT2D eigenvalue weighted by Gasteiger charge is -2.24. The standard InChI is InChI=1S/C17H10N4O2/c18-9-12(10-19)17(11-20)21(13-1-5-15(22)6-2-13)14-3-7-16(23)8-4-14/h1-8,22-23H. The number of anilines is 2. The van der Waals surface area contributed by atoms with E-state index in [1.165, 1.54) is 29.2 Å². The minimum Gasteiger partial charge on any atom is -0.508 e. The molecule has 6 heteroatoms. The maximum atomic E-state index is 9.41. The Morgan fingerprint density at radius 3 is 1.39 bits per heavy atom. The Bertz CT molecular complexity index is 802. The second-order valence-corrected chi connectivity index (χ2v) is 4.43. The van der Waals surface area contributed by atoms with Crippen LogP contribution in [-0.2, 0) is 0 Å². The molecule has 2 aromatic carbocycles. The van der Waals surface area contributed by atoms with Crippen molar-refractivity contribution in [3.63, 3.8) is 0 Å². The Morgan fingerprint density at radius 2 is 1.09 bits per heavy atom. The fourth-order valence-corrected chi connectivity index (χ4v) is 1.96. The van der Waals surface area contributed by atoms with Crippen LogP contribution in [0, 0.1) is 34.0 Å². The van der Waals surface area contributed by atoms with Gasteiger partial charge in [-0.05, 0) is 48.5 Å². The van der Waals surface area contributed by atoms with E-state index in [0.29, 0.717) is 11.4 Å². The molecule has 0 aliphatic carbocycles. The average molecular weight is 302 g/mol. The van der Waals surface area contributed by atoms with Gasteiger partial charge < -0.3 is 10.2 Å². The summed E-state index contributed by atoms with van der Waals surface area (Å²) in [5.74, 6) is 0.0883. The van der Waals surface area contributed by atoms with Gasteiger partial charge in [0.25, 0.3) is 0 Å². The molecule has 0 saturated heterocycles. The highest BCUT2D eigenvalue weighted by atomic mass is 16.3. The molecule has 0 heterocycles. The third-order valence-electron chi connectivity index (χ3n) is 3.01. The molecule has 110 valence electrons. The number of benzene rings is 2. The average Bonchev–Trinajstić information content (AvgIpc) is 2.57. The van der Waals surface area contributed by atoms with Crippen LogP contribution < -0.4 is 4.90 Å². The van der Waals surface area contributed by atoms with E-state index in [9.17, 15) is 15.5 Å². The lowest BCUT2D eigenvalue weighted by atomic mass is 10.1. The maximum Gasteiger partial charge on any atom is 0.164 e. The lowest BCUT2D eigenvalue weighted by Crippen LogP contribution is -2.17. The first-order valence-electron chi connectivity index (χ1n) is 6.43. The molecule has 0 bridgehead atoms. The van der Waals surface area contributed by atoms with Crippen LogP contribution >= 0.6 is 0 Å². The van der Waals surface area contributed by atoms with E-state index in [4.69, 9.17) is 10.5 Å². The molecule has 2 aromatic rings. The molecule has 0 atom stereocenters. The van der Waals surface area contributed by atoms with Crippen LogP contribution in [0.1, 0.15) is 0 Å². The van der Waals surface area contributed by atoms with E-state index >= 15 is 0 Å². The monoisotopic (exact) mass is 302 g/mol. The van der Waals surface area contributed by atoms with Crippen molar-refractivity contribution in [2.45, 2.75) is 0 Å². The van der Waals surface area contributed by atoms with Crippen molar-refractivity contribution >= 4 is 11.4 Å². The number of rotatable bonds is 3. The van der Waals surface area contributed by atoms with Gasteiger partial charge >= 0.3 is 0 Å². The highest BCUT2D eigenvalue weighted by molar-refractivity contribution is 5.74. The summed E-state index contributed by atoms with van der Waals surface area (Å²) in [6.45, 7) is 0. The first-order chi connectivity index (χ1) is 11.1. The third-order valence-corrected chi connectivity index (χ3v) is 3.01. The molecule has 0 aromatic heterocycles. The predicted octanol–water partition coefficient (Wildman–Crippen LogP) is 3.06. The smallest absolute Gasteiger partial charge is 0.164 e. The van der Waals surface area contributed by atoms with Crippen molar-refractivity contribution in [1.82, 2.24) is 0 Å². The second-order valence-electron chi connectivity index (χ2n) is 4.43. The zero-order valence-corrected chi connectivity index (χ0v) is 11.8. The zero-order chi connectivity index (χ0) is 16.8. The number of aromatic hydroxyl groups is 2. The van der Waals surface area contributed by atoms with Crippen molar-refractivity contribution in [2.75, 3.05) is 4.90 Å². The molecule has 0 amide bonds. The summed E-state index contributed by atoms with van der Waals surface area (Å²) in [6, 6.07) is 17.2. The molecule has 0 saturated carbocycles. The Hall–Kier alpha value is -3.95. The molecule has 0 unspecified atom stereocenters. The van der Waals surface area contributed by atoms with Crippen LogP contribution in [0.25, 0.3) is 0 Å². The van der Waals surface area contributed by atoms with Gasteiger partial charge in [0.1, 0.15) is 29.7 Å². The summed E-state index contributed by atoms with van der Waals surface area (Å²) in [5.41, 5.74) is 0.473. The van der Waals surface area contributed by atoms with Gasteiger partial charge in [0.15, 0.2) is 11.3 Å². The maximum absolute atomic E-state index is 9.41. The van der Waals surface area contributed by atoms with E-state index in [1.807, 2.05) is 6.07 Å². The highest BCUT2D eigenvalue weighted by Gasteiger charge is 2.19. The largest absolute Gasteiger partial charge is 0.508 e. The minimum atomic E-state index is -0.339. The number of nitrogens with zero attached hydrogens (tertiary/aromatic N) is 4. The van der Waals surface area contributed by atoms with Crippen LogP contribution in [0.3, 0.4) is 0 Å². The zero-order valence-electron chi connectivity index (χ0n) is 11.8. The van der Waals surface area contributed by atoms with Gasteiger partial charge in [-0.3, -0.25) is 4.90 Å². The molecule has 23 heavy (non-hydrogen) atoms. The number of allylic oxidation sites excluding steroid dienone is 2. The quantitative estimate of drug-likeness (QED) is 0.842. The van der Waals surface area contributed by atoms with Gasteiger partial charge in [-0.15, -0.1) is 0 Å². The molecule has 2 N–H and O–H groups in total. The Kier molecular flexibility index (Phi) is 4.48. The van der Waals surface area contributed by atoms with Crippen molar-refractivity contribution in [2.24, 2.45) is 0 Å². The van der Waals surface area contributed by atoms with Crippen molar-refractivity contribution in [3.8, 4) is 29.7 Å². The molecule has 0 radical (unpaired) electrons. The first-order valence-corrected chi connectivity index (χ1v) is 6.43. The number of nitriles is 3. The Balaban J connectivity index is 2.70. The summed E-state index contributed by atoms with van der Waals surface area (Å²) in [7, 11) is 0. The lowest BCUT2D eigenvalue weighted by molar-refractivity contribution is 0.475. The van der Waals surface area contributed by atoms with Crippen LogP contribution in [0.2, 0.25) is 0 Å². The van der Waals surface area contributed by atoms with Gasteiger partial charge in [-0.1, -0.05) is 0 Å². The molecule has 2 rings (SSSR count). The van der Waals surface area contributed by atoms with Gasteiger partial charge in [0, 0.05) is 11.4 Å². The van der Waals surface area contributed by atoms with E-state index in [2.05, 4.69) is 0 Å². The second kappa shape index (κ2) is 6.67. The number of phenolic OH excluding ortho intramolecular Hbond substituents is 2. The van der Waals surface area contributed by atoms with Crippen molar-refractivity contribution < 1.29 is 10.2 Å². The van der Waals surface area contributed by atoms with Crippen molar-refractivity contribution in [1.29, 1.82) is 15.8 Å². The highest BCUT2D eigenvalue weighted by Crippen LogP contribution is 2.32. The SMILES string of the molecule is N#CC(C#N)=C(C#N)N(c1ccc(O)cc1)c1ccc(O)cc1. The number of hydrogen-bond donors (Lipinski definition) is 2. The van der Waals surface area contributed by atoms with Crippen LogP contribution in [-0.4, -0.2) is 10.2 Å². The van der Waals surface area contributed by atoms with Crippen LogP contribution in [0.5, 0.6) is 11.5 Å². The molecule has 0 aliphatic rings. The van der Waals surface area contributed by atoms with Crippen LogP contribution in [0.15, 0.2) is 59.8 Å². The normalized spacial score (nSPS) is 9.09. The fourth-order valence-electron chi connectivity index (χ4n) is 1.96. The van der Waals surface area contributed by atoms with Gasteiger partial charge in [0.2, 0.25) is 0 Å². The summed E-state index contributed by atoms with van der Waals surface area (Å²) in [4.78, 5) is 1.40. The fraction of sp³-hybridized carbons (Fsp3) is 0. The van der Waals surface area contributed by atoms with Gasteiger partial charge in [-0.2, -0.15) is 15.8 Å². The Labute approximate surface area is 132 Å². The Morgan fingerprint density at radius 1 is 0.696 bits per heavy atom. The predicted molar refractivity (Wildman–Crippen MR) is 82.2 cm³/mol. The van der Waals surface area contributed by atoms with Gasteiger partial charge in [-0.25, -0.2) is 0 Å². The van der Waals surface area contributed by atoms with Crippen LogP contribution in [0.4, 0.5) is 11.4 Å². The number of phenols is 2. The number of hydrogen-bond acceptors (Lipinski definition) is 6. The van der Waals surface area contributed by atoms with E-state index in [0.717, 1.165) is 0 Å². The molecule has 0 aliphatic heterocycles. The van der Waals surface area contributed by atoms with E-state index < -0.39 is 0 Å². The van der Waals surface area contributed by atoms with Gasteiger partial charge in [0.05, 0.1) is 0 Å². The summed E-state index contributed by atoms with van der Waals surface area (Å²) in [6.07, 6.45) is 0. The summed E-state index contributed by atoms with van der Waals surface area (Å²) >= 11 is 0. The molecule has 6 nitrogen and oxygen atoms in total.